The number of hydrogen-bond acceptors (Lipinski definition) is 5. The van der Waals surface area contributed by atoms with Crippen LogP contribution in [-0.2, 0) is 0 Å². The van der Waals surface area contributed by atoms with Crippen LogP contribution in [0, 0.1) is 0 Å². The Labute approximate surface area is 151 Å². The van der Waals surface area contributed by atoms with Crippen LogP contribution in [0.15, 0.2) is 48.7 Å². The molecule has 128 valence electrons. The van der Waals surface area contributed by atoms with Crippen molar-refractivity contribution < 1.29 is 14.2 Å². The van der Waals surface area contributed by atoms with Gasteiger partial charge < -0.3 is 14.2 Å². The molecule has 0 saturated heterocycles. The highest BCUT2D eigenvalue weighted by Gasteiger charge is 2.12. The molecule has 0 bridgehead atoms. The lowest BCUT2D eigenvalue weighted by Gasteiger charge is -2.11. The van der Waals surface area contributed by atoms with Gasteiger partial charge in [0.05, 0.1) is 32.0 Å². The number of ether oxygens (including phenoxy) is 3. The third-order valence-electron chi connectivity index (χ3n) is 3.75. The minimum Gasteiger partial charge on any atom is -0.497 e. The van der Waals surface area contributed by atoms with Crippen LogP contribution in [0.4, 0.5) is 0 Å². The minimum atomic E-state index is 0.510. The molecule has 0 N–H and O–H groups in total. The Kier molecular flexibility index (Phi) is 5.05. The number of nitrogens with zero attached hydrogens (tertiary/aromatic N) is 2. The van der Waals surface area contributed by atoms with Gasteiger partial charge in [0.2, 0.25) is 0 Å². The van der Waals surface area contributed by atoms with Crippen molar-refractivity contribution in [2.45, 2.75) is 0 Å². The normalized spacial score (nSPS) is 10.4. The summed E-state index contributed by atoms with van der Waals surface area (Å²) < 4.78 is 15.9. The first-order chi connectivity index (χ1) is 12.2. The van der Waals surface area contributed by atoms with E-state index in [1.807, 2.05) is 30.3 Å². The van der Waals surface area contributed by atoms with Gasteiger partial charge in [0.25, 0.3) is 0 Å². The fourth-order valence-electron chi connectivity index (χ4n) is 2.46. The second-order valence-corrected chi connectivity index (χ2v) is 5.59. The standard InChI is InChI=1S/C19H17ClN2O3/c1-23-13-5-6-14(18(11-13)25-3)16-8-9-21-19(22-16)12-4-7-17(24-2)15(20)10-12/h4-11H,1-3H3. The van der Waals surface area contributed by atoms with Crippen LogP contribution in [0.25, 0.3) is 22.6 Å². The van der Waals surface area contributed by atoms with Crippen molar-refractivity contribution in [3.8, 4) is 39.9 Å². The van der Waals surface area contributed by atoms with Gasteiger partial charge in [-0.3, -0.25) is 0 Å². The number of methoxy groups -OCH3 is 3. The first kappa shape index (κ1) is 17.0. The van der Waals surface area contributed by atoms with E-state index in [1.165, 1.54) is 0 Å². The zero-order valence-electron chi connectivity index (χ0n) is 14.1. The summed E-state index contributed by atoms with van der Waals surface area (Å²) in [6.07, 6.45) is 1.71. The van der Waals surface area contributed by atoms with Crippen molar-refractivity contribution >= 4 is 11.6 Å². The fourth-order valence-corrected chi connectivity index (χ4v) is 2.72. The largest absolute Gasteiger partial charge is 0.497 e. The molecule has 0 aliphatic carbocycles. The Bertz CT molecular complexity index is 900. The van der Waals surface area contributed by atoms with Crippen LogP contribution < -0.4 is 14.2 Å². The van der Waals surface area contributed by atoms with Gasteiger partial charge in [-0.1, -0.05) is 11.6 Å². The lowest BCUT2D eigenvalue weighted by Crippen LogP contribution is -1.95. The topological polar surface area (TPSA) is 53.5 Å². The van der Waals surface area contributed by atoms with Gasteiger partial charge in [-0.15, -0.1) is 0 Å². The smallest absolute Gasteiger partial charge is 0.159 e. The Morgan fingerprint density at radius 3 is 2.32 bits per heavy atom. The molecule has 1 heterocycles. The number of aromatic nitrogens is 2. The molecular weight excluding hydrogens is 340 g/mol. The van der Waals surface area contributed by atoms with Crippen LogP contribution >= 0.6 is 11.6 Å². The van der Waals surface area contributed by atoms with E-state index >= 15 is 0 Å². The van der Waals surface area contributed by atoms with Crippen molar-refractivity contribution in [3.05, 3.63) is 53.7 Å². The van der Waals surface area contributed by atoms with Crippen molar-refractivity contribution in [2.75, 3.05) is 21.3 Å². The summed E-state index contributed by atoms with van der Waals surface area (Å²) in [7, 11) is 4.81. The summed E-state index contributed by atoms with van der Waals surface area (Å²) in [6.45, 7) is 0. The number of rotatable bonds is 5. The monoisotopic (exact) mass is 356 g/mol. The highest BCUT2D eigenvalue weighted by Crippen LogP contribution is 2.34. The van der Waals surface area contributed by atoms with Gasteiger partial charge in [-0.25, -0.2) is 9.97 Å². The maximum Gasteiger partial charge on any atom is 0.159 e. The van der Waals surface area contributed by atoms with Gasteiger partial charge in [-0.05, 0) is 36.4 Å². The van der Waals surface area contributed by atoms with E-state index < -0.39 is 0 Å². The van der Waals surface area contributed by atoms with Crippen LogP contribution in [-0.4, -0.2) is 31.3 Å². The van der Waals surface area contributed by atoms with Gasteiger partial charge in [0, 0.05) is 23.4 Å². The number of benzene rings is 2. The molecular formula is C19H17ClN2O3. The third kappa shape index (κ3) is 3.51. The van der Waals surface area contributed by atoms with Gasteiger partial charge >= 0.3 is 0 Å². The van der Waals surface area contributed by atoms with E-state index in [9.17, 15) is 0 Å². The first-order valence-corrected chi connectivity index (χ1v) is 7.93. The lowest BCUT2D eigenvalue weighted by atomic mass is 10.1. The van der Waals surface area contributed by atoms with Gasteiger partial charge in [0.15, 0.2) is 5.82 Å². The zero-order valence-corrected chi connectivity index (χ0v) is 14.9. The van der Waals surface area contributed by atoms with Crippen LogP contribution in [0.3, 0.4) is 0 Å². The van der Waals surface area contributed by atoms with E-state index in [1.54, 1.807) is 39.7 Å². The maximum absolute atomic E-state index is 6.20. The predicted octanol–water partition coefficient (Wildman–Crippen LogP) is 4.49. The second kappa shape index (κ2) is 7.40. The van der Waals surface area contributed by atoms with Gasteiger partial charge in [0.1, 0.15) is 17.2 Å². The summed E-state index contributed by atoms with van der Waals surface area (Å²) in [5.41, 5.74) is 2.41. The van der Waals surface area contributed by atoms with Crippen LogP contribution in [0.2, 0.25) is 5.02 Å². The average molecular weight is 357 g/mol. The molecule has 0 aliphatic rings. The van der Waals surface area contributed by atoms with Crippen molar-refractivity contribution in [1.82, 2.24) is 9.97 Å². The molecule has 6 heteroatoms. The highest BCUT2D eigenvalue weighted by molar-refractivity contribution is 6.32. The molecule has 0 spiro atoms. The molecule has 0 amide bonds. The molecule has 0 unspecified atom stereocenters. The zero-order chi connectivity index (χ0) is 17.8. The van der Waals surface area contributed by atoms with Crippen LogP contribution in [0.5, 0.6) is 17.2 Å². The average Bonchev–Trinajstić information content (AvgIpc) is 2.67. The second-order valence-electron chi connectivity index (χ2n) is 5.18. The summed E-state index contributed by atoms with van der Waals surface area (Å²) >= 11 is 6.20. The molecule has 3 rings (SSSR count). The van der Waals surface area contributed by atoms with E-state index in [-0.39, 0.29) is 0 Å². The molecule has 0 saturated carbocycles. The molecule has 2 aromatic carbocycles. The van der Waals surface area contributed by atoms with Crippen molar-refractivity contribution in [1.29, 1.82) is 0 Å². The van der Waals surface area contributed by atoms with E-state index in [2.05, 4.69) is 9.97 Å². The number of hydrogen-bond donors (Lipinski definition) is 0. The molecule has 0 radical (unpaired) electrons. The van der Waals surface area contributed by atoms with E-state index in [0.29, 0.717) is 22.3 Å². The molecule has 5 nitrogen and oxygen atoms in total. The highest BCUT2D eigenvalue weighted by atomic mass is 35.5. The van der Waals surface area contributed by atoms with Crippen LogP contribution in [0.1, 0.15) is 0 Å². The predicted molar refractivity (Wildman–Crippen MR) is 97.6 cm³/mol. The number of halogens is 1. The maximum atomic E-state index is 6.20. The molecule has 0 atom stereocenters. The molecule has 25 heavy (non-hydrogen) atoms. The minimum absolute atomic E-state index is 0.510. The lowest BCUT2D eigenvalue weighted by molar-refractivity contribution is 0.395. The molecule has 3 aromatic rings. The summed E-state index contributed by atoms with van der Waals surface area (Å²) in [5, 5.41) is 0.510. The Morgan fingerprint density at radius 1 is 0.840 bits per heavy atom. The fraction of sp³-hybridized carbons (Fsp3) is 0.158. The van der Waals surface area contributed by atoms with E-state index in [0.717, 1.165) is 22.6 Å². The molecule has 0 aliphatic heterocycles. The van der Waals surface area contributed by atoms with Gasteiger partial charge in [-0.2, -0.15) is 0 Å². The summed E-state index contributed by atoms with van der Waals surface area (Å²) in [6, 6.07) is 12.9. The van der Waals surface area contributed by atoms with E-state index in [4.69, 9.17) is 25.8 Å². The van der Waals surface area contributed by atoms with Crippen molar-refractivity contribution in [3.63, 3.8) is 0 Å². The SMILES string of the molecule is COc1ccc(-c2ccnc(-c3ccc(OC)c(Cl)c3)n2)c(OC)c1. The Balaban J connectivity index is 2.04. The molecule has 1 aromatic heterocycles. The first-order valence-electron chi connectivity index (χ1n) is 7.55. The van der Waals surface area contributed by atoms with Crippen molar-refractivity contribution in [2.24, 2.45) is 0 Å². The summed E-state index contributed by atoms with van der Waals surface area (Å²) in [5.74, 6) is 2.58. The molecule has 0 fully saturated rings. The Hall–Kier alpha value is -2.79. The Morgan fingerprint density at radius 2 is 1.64 bits per heavy atom. The summed E-state index contributed by atoms with van der Waals surface area (Å²) in [4.78, 5) is 8.99. The quantitative estimate of drug-likeness (QED) is 0.674. The third-order valence-corrected chi connectivity index (χ3v) is 4.05.